The number of nitrogens with one attached hydrogen (secondary N) is 1. The molecular weight excluding hydrogens is 250 g/mol. The molecule has 1 aromatic rings. The number of piperidine rings is 1. The standard InChI is InChI=1S/C16H27N3O/c1-12(2)15-9-13(11-17-3)10-16(18-15)20-14-5-7-19(4)8-6-14/h9-10,12,14,17H,5-8,11H2,1-4H3. The van der Waals surface area contributed by atoms with Crippen molar-refractivity contribution >= 4 is 0 Å². The van der Waals surface area contributed by atoms with Crippen LogP contribution in [-0.4, -0.2) is 43.2 Å². The molecule has 0 aliphatic carbocycles. The number of likely N-dealkylation sites (tertiary alicyclic amines) is 1. The van der Waals surface area contributed by atoms with E-state index in [0.29, 0.717) is 12.0 Å². The Morgan fingerprint density at radius 2 is 2.05 bits per heavy atom. The van der Waals surface area contributed by atoms with Gasteiger partial charge in [0.1, 0.15) is 6.10 Å². The van der Waals surface area contributed by atoms with Crippen LogP contribution in [0.2, 0.25) is 0 Å². The molecule has 0 saturated carbocycles. The zero-order valence-electron chi connectivity index (χ0n) is 13.1. The lowest BCUT2D eigenvalue weighted by atomic mass is 10.1. The van der Waals surface area contributed by atoms with Crippen molar-refractivity contribution in [3.05, 3.63) is 23.4 Å². The predicted molar refractivity (Wildman–Crippen MR) is 82.2 cm³/mol. The number of nitrogens with zero attached hydrogens (tertiary/aromatic N) is 2. The van der Waals surface area contributed by atoms with Crippen molar-refractivity contribution in [3.63, 3.8) is 0 Å². The van der Waals surface area contributed by atoms with Gasteiger partial charge in [0.25, 0.3) is 0 Å². The van der Waals surface area contributed by atoms with E-state index in [-0.39, 0.29) is 0 Å². The highest BCUT2D eigenvalue weighted by molar-refractivity contribution is 5.27. The number of pyridine rings is 1. The van der Waals surface area contributed by atoms with Crippen molar-refractivity contribution in [1.82, 2.24) is 15.2 Å². The fourth-order valence-electron chi connectivity index (χ4n) is 2.52. The van der Waals surface area contributed by atoms with Crippen LogP contribution in [-0.2, 0) is 6.54 Å². The fraction of sp³-hybridized carbons (Fsp3) is 0.688. The first-order valence-corrected chi connectivity index (χ1v) is 7.59. The smallest absolute Gasteiger partial charge is 0.214 e. The van der Waals surface area contributed by atoms with Crippen molar-refractivity contribution in [2.24, 2.45) is 0 Å². The monoisotopic (exact) mass is 277 g/mol. The summed E-state index contributed by atoms with van der Waals surface area (Å²) in [6.45, 7) is 7.41. The van der Waals surface area contributed by atoms with Crippen LogP contribution in [0.1, 0.15) is 43.9 Å². The van der Waals surface area contributed by atoms with Gasteiger partial charge in [-0.15, -0.1) is 0 Å². The molecule has 0 atom stereocenters. The zero-order valence-corrected chi connectivity index (χ0v) is 13.1. The Balaban J connectivity index is 2.09. The van der Waals surface area contributed by atoms with Gasteiger partial charge in [-0.05, 0) is 44.5 Å². The second kappa shape index (κ2) is 7.04. The third-order valence-electron chi connectivity index (χ3n) is 3.81. The summed E-state index contributed by atoms with van der Waals surface area (Å²) in [7, 11) is 4.13. The van der Waals surface area contributed by atoms with Gasteiger partial charge in [-0.25, -0.2) is 4.98 Å². The predicted octanol–water partition coefficient (Wildman–Crippen LogP) is 2.40. The topological polar surface area (TPSA) is 37.4 Å². The average molecular weight is 277 g/mol. The lowest BCUT2D eigenvalue weighted by Gasteiger charge is -2.29. The molecular formula is C16H27N3O. The second-order valence-electron chi connectivity index (χ2n) is 6.04. The van der Waals surface area contributed by atoms with Gasteiger partial charge >= 0.3 is 0 Å². The Kier molecular flexibility index (Phi) is 5.38. The number of ether oxygens (including phenoxy) is 1. The van der Waals surface area contributed by atoms with Gasteiger partial charge in [-0.1, -0.05) is 13.8 Å². The average Bonchev–Trinajstić information content (AvgIpc) is 2.41. The van der Waals surface area contributed by atoms with Crippen LogP contribution in [0.4, 0.5) is 0 Å². The molecule has 112 valence electrons. The quantitative estimate of drug-likeness (QED) is 0.897. The Morgan fingerprint density at radius 1 is 1.35 bits per heavy atom. The van der Waals surface area contributed by atoms with Crippen molar-refractivity contribution in [3.8, 4) is 5.88 Å². The maximum atomic E-state index is 6.12. The molecule has 1 saturated heterocycles. The molecule has 0 unspecified atom stereocenters. The fourth-order valence-corrected chi connectivity index (χ4v) is 2.52. The summed E-state index contributed by atoms with van der Waals surface area (Å²) in [5, 5.41) is 3.20. The summed E-state index contributed by atoms with van der Waals surface area (Å²) in [6, 6.07) is 4.24. The molecule has 0 aromatic carbocycles. The summed E-state index contributed by atoms with van der Waals surface area (Å²) < 4.78 is 6.12. The molecule has 4 nitrogen and oxygen atoms in total. The molecule has 1 aromatic heterocycles. The van der Waals surface area contributed by atoms with Crippen LogP contribution in [0.15, 0.2) is 12.1 Å². The first kappa shape index (κ1) is 15.3. The van der Waals surface area contributed by atoms with Crippen molar-refractivity contribution < 1.29 is 4.74 Å². The minimum absolute atomic E-state index is 0.309. The molecule has 4 heteroatoms. The SMILES string of the molecule is CNCc1cc(OC2CCN(C)CC2)nc(C(C)C)c1. The molecule has 2 heterocycles. The Bertz CT molecular complexity index is 426. The first-order valence-electron chi connectivity index (χ1n) is 7.59. The number of hydrogen-bond donors (Lipinski definition) is 1. The largest absolute Gasteiger partial charge is 0.474 e. The maximum Gasteiger partial charge on any atom is 0.214 e. The van der Waals surface area contributed by atoms with E-state index < -0.39 is 0 Å². The summed E-state index contributed by atoms with van der Waals surface area (Å²) in [5.41, 5.74) is 2.36. The lowest BCUT2D eigenvalue weighted by Crippen LogP contribution is -2.35. The zero-order chi connectivity index (χ0) is 14.5. The molecule has 1 fully saturated rings. The van der Waals surface area contributed by atoms with E-state index in [1.807, 2.05) is 7.05 Å². The van der Waals surface area contributed by atoms with Gasteiger partial charge in [-0.2, -0.15) is 0 Å². The molecule has 1 aliphatic heterocycles. The maximum absolute atomic E-state index is 6.12. The molecule has 0 spiro atoms. The number of aromatic nitrogens is 1. The third kappa shape index (κ3) is 4.18. The first-order chi connectivity index (χ1) is 9.58. The van der Waals surface area contributed by atoms with Gasteiger partial charge < -0.3 is 15.0 Å². The molecule has 0 radical (unpaired) electrons. The second-order valence-corrected chi connectivity index (χ2v) is 6.04. The van der Waals surface area contributed by atoms with Crippen LogP contribution in [0.3, 0.4) is 0 Å². The highest BCUT2D eigenvalue weighted by Gasteiger charge is 2.19. The van der Waals surface area contributed by atoms with Gasteiger partial charge in [0.2, 0.25) is 5.88 Å². The normalized spacial score (nSPS) is 17.6. The number of rotatable bonds is 5. The van der Waals surface area contributed by atoms with Crippen molar-refractivity contribution in [2.45, 2.75) is 45.3 Å². The minimum atomic E-state index is 0.309. The van der Waals surface area contributed by atoms with E-state index in [1.165, 1.54) is 5.56 Å². The lowest BCUT2D eigenvalue weighted by molar-refractivity contribution is 0.109. The van der Waals surface area contributed by atoms with Gasteiger partial charge in [0.05, 0.1) is 0 Å². The van der Waals surface area contributed by atoms with Crippen LogP contribution in [0.5, 0.6) is 5.88 Å². The van der Waals surface area contributed by atoms with E-state index in [0.717, 1.165) is 44.0 Å². The van der Waals surface area contributed by atoms with Crippen LogP contribution >= 0.6 is 0 Å². The third-order valence-corrected chi connectivity index (χ3v) is 3.81. The van der Waals surface area contributed by atoms with Crippen molar-refractivity contribution in [1.29, 1.82) is 0 Å². The van der Waals surface area contributed by atoms with E-state index in [2.05, 4.69) is 48.2 Å². The Labute approximate surface area is 122 Å². The molecule has 0 amide bonds. The minimum Gasteiger partial charge on any atom is -0.474 e. The highest BCUT2D eigenvalue weighted by Crippen LogP contribution is 2.22. The molecule has 2 rings (SSSR count). The van der Waals surface area contributed by atoms with Crippen molar-refractivity contribution in [2.75, 3.05) is 27.2 Å². The van der Waals surface area contributed by atoms with Gasteiger partial charge in [-0.3, -0.25) is 0 Å². The van der Waals surface area contributed by atoms with Crippen LogP contribution < -0.4 is 10.1 Å². The van der Waals surface area contributed by atoms with Gasteiger partial charge in [0.15, 0.2) is 0 Å². The summed E-state index contributed by atoms with van der Waals surface area (Å²) in [4.78, 5) is 7.02. The summed E-state index contributed by atoms with van der Waals surface area (Å²) in [5.74, 6) is 1.21. The molecule has 20 heavy (non-hydrogen) atoms. The summed E-state index contributed by atoms with van der Waals surface area (Å²) >= 11 is 0. The van der Waals surface area contributed by atoms with Gasteiger partial charge in [0, 0.05) is 31.4 Å². The number of hydrogen-bond acceptors (Lipinski definition) is 4. The Hall–Kier alpha value is -1.13. The van der Waals surface area contributed by atoms with E-state index in [1.54, 1.807) is 0 Å². The molecule has 1 N–H and O–H groups in total. The van der Waals surface area contributed by atoms with Crippen LogP contribution in [0, 0.1) is 0 Å². The van der Waals surface area contributed by atoms with E-state index in [4.69, 9.17) is 4.74 Å². The van der Waals surface area contributed by atoms with Crippen LogP contribution in [0.25, 0.3) is 0 Å². The molecule has 1 aliphatic rings. The van der Waals surface area contributed by atoms with E-state index in [9.17, 15) is 0 Å². The van der Waals surface area contributed by atoms with E-state index >= 15 is 0 Å². The summed E-state index contributed by atoms with van der Waals surface area (Å²) in [6.07, 6.45) is 2.49. The Morgan fingerprint density at radius 3 is 2.65 bits per heavy atom. The molecule has 0 bridgehead atoms. The highest BCUT2D eigenvalue weighted by atomic mass is 16.5.